The number of rotatable bonds is 3. The third kappa shape index (κ3) is 2.15. The molecule has 5 heteroatoms. The molecule has 0 aliphatic carbocycles. The second kappa shape index (κ2) is 4.74. The van der Waals surface area contributed by atoms with Crippen LogP contribution in [0.4, 0.5) is 0 Å². The third-order valence-corrected chi connectivity index (χ3v) is 4.53. The van der Waals surface area contributed by atoms with Gasteiger partial charge in [0.25, 0.3) is 0 Å². The predicted molar refractivity (Wildman–Crippen MR) is 77.9 cm³/mol. The minimum atomic E-state index is 0.362. The quantitative estimate of drug-likeness (QED) is 0.873. The molecule has 18 heavy (non-hydrogen) atoms. The molecule has 1 unspecified atom stereocenters. The Labute approximate surface area is 115 Å². The highest BCUT2D eigenvalue weighted by atomic mass is 32.2. The summed E-state index contributed by atoms with van der Waals surface area (Å²) in [4.78, 5) is 5.94. The molecule has 0 fully saturated rings. The lowest BCUT2D eigenvalue weighted by atomic mass is 10.1. The normalized spacial score (nSPS) is 17.7. The fourth-order valence-corrected chi connectivity index (χ4v) is 3.74. The highest BCUT2D eigenvalue weighted by Gasteiger charge is 2.22. The predicted octanol–water partition coefficient (Wildman–Crippen LogP) is 2.23. The van der Waals surface area contributed by atoms with Crippen molar-refractivity contribution in [2.45, 2.75) is 23.1 Å². The Bertz CT molecular complexity index is 566. The van der Waals surface area contributed by atoms with E-state index in [0.29, 0.717) is 16.1 Å². The summed E-state index contributed by atoms with van der Waals surface area (Å²) in [5.74, 6) is 0.710. The maximum Gasteiger partial charge on any atom is 0.167 e. The zero-order valence-electron chi connectivity index (χ0n) is 9.74. The van der Waals surface area contributed by atoms with Crippen LogP contribution < -0.4 is 5.73 Å². The number of aromatic nitrogens is 2. The molecule has 0 bridgehead atoms. The van der Waals surface area contributed by atoms with Crippen molar-refractivity contribution in [3.63, 3.8) is 0 Å². The van der Waals surface area contributed by atoms with E-state index >= 15 is 0 Å². The molecule has 2 N–H and O–H groups in total. The molecule has 2 aromatic rings. The van der Waals surface area contributed by atoms with E-state index in [2.05, 4.69) is 29.2 Å². The van der Waals surface area contributed by atoms with Gasteiger partial charge in [-0.2, -0.15) is 0 Å². The zero-order chi connectivity index (χ0) is 12.5. The van der Waals surface area contributed by atoms with Crippen molar-refractivity contribution < 1.29 is 0 Å². The van der Waals surface area contributed by atoms with Gasteiger partial charge in [-0.3, -0.25) is 0 Å². The number of thioether (sulfide) groups is 1. The Morgan fingerprint density at radius 1 is 1.50 bits per heavy atom. The Kier molecular flexibility index (Phi) is 3.09. The van der Waals surface area contributed by atoms with Crippen LogP contribution in [0.15, 0.2) is 41.6 Å². The summed E-state index contributed by atoms with van der Waals surface area (Å²) in [6.07, 6.45) is 4.79. The molecular weight excluding hydrogens is 262 g/mol. The SMILES string of the molecule is NC(=S)c1nccn1CC1Cc2ccccc2S1. The molecule has 0 amide bonds. The summed E-state index contributed by atoms with van der Waals surface area (Å²) >= 11 is 6.92. The van der Waals surface area contributed by atoms with E-state index in [9.17, 15) is 0 Å². The van der Waals surface area contributed by atoms with Gasteiger partial charge >= 0.3 is 0 Å². The van der Waals surface area contributed by atoms with Crippen LogP contribution in [0.2, 0.25) is 0 Å². The number of fused-ring (bicyclic) bond motifs is 1. The van der Waals surface area contributed by atoms with Crippen LogP contribution in [-0.4, -0.2) is 19.8 Å². The van der Waals surface area contributed by atoms with E-state index < -0.39 is 0 Å². The van der Waals surface area contributed by atoms with Gasteiger partial charge in [0.15, 0.2) is 5.82 Å². The van der Waals surface area contributed by atoms with E-state index in [4.69, 9.17) is 18.0 Å². The van der Waals surface area contributed by atoms with Gasteiger partial charge in [0, 0.05) is 29.1 Å². The molecule has 0 saturated heterocycles. The number of imidazole rings is 1. The zero-order valence-corrected chi connectivity index (χ0v) is 11.4. The summed E-state index contributed by atoms with van der Waals surface area (Å²) in [7, 11) is 0. The summed E-state index contributed by atoms with van der Waals surface area (Å²) < 4.78 is 2.05. The summed E-state index contributed by atoms with van der Waals surface area (Å²) in [5, 5.41) is 0.532. The maximum absolute atomic E-state index is 5.66. The molecule has 2 heterocycles. The number of thiocarbonyl (C=S) groups is 1. The van der Waals surface area contributed by atoms with E-state index in [1.807, 2.05) is 22.5 Å². The second-order valence-corrected chi connectivity index (χ2v) is 6.10. The molecule has 92 valence electrons. The number of nitrogens with two attached hydrogens (primary N) is 1. The first kappa shape index (κ1) is 11.7. The molecule has 0 spiro atoms. The van der Waals surface area contributed by atoms with E-state index in [0.717, 1.165) is 13.0 Å². The van der Waals surface area contributed by atoms with Crippen molar-refractivity contribution in [2.75, 3.05) is 0 Å². The van der Waals surface area contributed by atoms with Crippen LogP contribution >= 0.6 is 24.0 Å². The second-order valence-electron chi connectivity index (χ2n) is 4.32. The Morgan fingerprint density at radius 2 is 2.33 bits per heavy atom. The molecule has 1 aromatic carbocycles. The highest BCUT2D eigenvalue weighted by Crippen LogP contribution is 2.37. The molecule has 1 aliphatic heterocycles. The van der Waals surface area contributed by atoms with Crippen LogP contribution in [0, 0.1) is 0 Å². The minimum absolute atomic E-state index is 0.362. The molecule has 1 atom stereocenters. The van der Waals surface area contributed by atoms with Crippen molar-refractivity contribution in [3.05, 3.63) is 48.0 Å². The first-order chi connectivity index (χ1) is 8.74. The molecule has 1 aliphatic rings. The van der Waals surface area contributed by atoms with E-state index in [1.165, 1.54) is 10.5 Å². The van der Waals surface area contributed by atoms with Crippen molar-refractivity contribution in [1.29, 1.82) is 0 Å². The molecule has 1 aromatic heterocycles. The van der Waals surface area contributed by atoms with Gasteiger partial charge in [-0.05, 0) is 18.1 Å². The lowest BCUT2D eigenvalue weighted by Gasteiger charge is -2.11. The minimum Gasteiger partial charge on any atom is -0.387 e. The Hall–Kier alpha value is -1.33. The standard InChI is InChI=1S/C13H13N3S2/c14-12(17)13-15-5-6-16(13)8-10-7-9-3-1-2-4-11(9)18-10/h1-6,10H,7-8H2,(H2,14,17). The number of hydrogen-bond acceptors (Lipinski definition) is 3. The maximum atomic E-state index is 5.66. The van der Waals surface area contributed by atoms with Crippen LogP contribution in [0.25, 0.3) is 0 Å². The molecule has 0 radical (unpaired) electrons. The van der Waals surface area contributed by atoms with Crippen molar-refractivity contribution in [2.24, 2.45) is 5.73 Å². The third-order valence-electron chi connectivity index (χ3n) is 3.05. The van der Waals surface area contributed by atoms with Gasteiger partial charge in [-0.15, -0.1) is 11.8 Å². The van der Waals surface area contributed by atoms with Gasteiger partial charge in [0.2, 0.25) is 0 Å². The van der Waals surface area contributed by atoms with Crippen LogP contribution in [-0.2, 0) is 13.0 Å². The molecular formula is C13H13N3S2. The van der Waals surface area contributed by atoms with Gasteiger partial charge in [0.1, 0.15) is 4.99 Å². The fourth-order valence-electron chi connectivity index (χ4n) is 2.26. The van der Waals surface area contributed by atoms with Crippen LogP contribution in [0.1, 0.15) is 11.4 Å². The Balaban J connectivity index is 1.76. The molecule has 3 nitrogen and oxygen atoms in total. The summed E-state index contributed by atoms with van der Waals surface area (Å²) in [5.41, 5.74) is 7.09. The topological polar surface area (TPSA) is 43.8 Å². The Morgan fingerprint density at radius 3 is 3.11 bits per heavy atom. The average molecular weight is 275 g/mol. The average Bonchev–Trinajstić information content (AvgIpc) is 2.94. The number of hydrogen-bond donors (Lipinski definition) is 1. The monoisotopic (exact) mass is 275 g/mol. The number of benzene rings is 1. The lowest BCUT2D eigenvalue weighted by molar-refractivity contribution is 0.659. The molecule has 0 saturated carbocycles. The van der Waals surface area contributed by atoms with Crippen LogP contribution in [0.3, 0.4) is 0 Å². The van der Waals surface area contributed by atoms with E-state index in [1.54, 1.807) is 6.20 Å². The first-order valence-electron chi connectivity index (χ1n) is 5.79. The van der Waals surface area contributed by atoms with Gasteiger partial charge in [-0.25, -0.2) is 4.98 Å². The van der Waals surface area contributed by atoms with Crippen molar-refractivity contribution >= 4 is 29.0 Å². The molecule has 3 rings (SSSR count). The van der Waals surface area contributed by atoms with Gasteiger partial charge in [-0.1, -0.05) is 30.4 Å². The van der Waals surface area contributed by atoms with Crippen molar-refractivity contribution in [1.82, 2.24) is 9.55 Å². The largest absolute Gasteiger partial charge is 0.387 e. The fraction of sp³-hybridized carbons (Fsp3) is 0.231. The van der Waals surface area contributed by atoms with Crippen LogP contribution in [0.5, 0.6) is 0 Å². The van der Waals surface area contributed by atoms with E-state index in [-0.39, 0.29) is 0 Å². The number of nitrogens with zero attached hydrogens (tertiary/aromatic N) is 2. The smallest absolute Gasteiger partial charge is 0.167 e. The van der Waals surface area contributed by atoms with Gasteiger partial charge in [0.05, 0.1) is 0 Å². The van der Waals surface area contributed by atoms with Gasteiger partial charge < -0.3 is 10.3 Å². The summed E-state index contributed by atoms with van der Waals surface area (Å²) in [6.45, 7) is 0.895. The lowest BCUT2D eigenvalue weighted by Crippen LogP contribution is -2.20. The highest BCUT2D eigenvalue weighted by molar-refractivity contribution is 8.00. The summed E-state index contributed by atoms with van der Waals surface area (Å²) in [6, 6.07) is 8.57. The van der Waals surface area contributed by atoms with Crippen molar-refractivity contribution in [3.8, 4) is 0 Å². The first-order valence-corrected chi connectivity index (χ1v) is 7.08.